The Kier molecular flexibility index (Phi) is 5.43. The Hall–Kier alpha value is -0.326. The zero-order valence-electron chi connectivity index (χ0n) is 13.0. The summed E-state index contributed by atoms with van der Waals surface area (Å²) in [6, 6.07) is 4.16. The molecule has 0 radical (unpaired) electrons. The molecule has 2 nitrogen and oxygen atoms in total. The number of aromatic nitrogens is 1. The zero-order chi connectivity index (χ0) is 13.8. The fraction of sp³-hybridized carbons (Fsp3) is 0.714. The quantitative estimate of drug-likeness (QED) is 0.742. The summed E-state index contributed by atoms with van der Waals surface area (Å²) in [5.41, 5.74) is 0. The van der Waals surface area contributed by atoms with Gasteiger partial charge >= 0.3 is 0 Å². The van der Waals surface area contributed by atoms with Crippen LogP contribution in [0.25, 0.3) is 0 Å². The molecule has 0 atom stereocenters. The maximum absolute atomic E-state index is 2.69. The van der Waals surface area contributed by atoms with E-state index in [-0.39, 0.29) is 0 Å². The van der Waals surface area contributed by atoms with E-state index in [9.17, 15) is 0 Å². The Morgan fingerprint density at radius 3 is 1.39 bits per heavy atom. The fourth-order valence-electron chi connectivity index (χ4n) is 2.17. The highest BCUT2D eigenvalue weighted by atomic mass is 28.3. The third kappa shape index (κ3) is 5.12. The topological polar surface area (TPSA) is 8.17 Å². The Labute approximate surface area is 115 Å². The van der Waals surface area contributed by atoms with Crippen LogP contribution in [0, 0.1) is 0 Å². The van der Waals surface area contributed by atoms with E-state index in [1.807, 2.05) is 0 Å². The maximum Gasteiger partial charge on any atom is 0.152 e. The van der Waals surface area contributed by atoms with Crippen molar-refractivity contribution in [3.05, 3.63) is 24.5 Å². The second kappa shape index (κ2) is 6.21. The molecule has 0 unspecified atom stereocenters. The average molecular weight is 283 g/mol. The van der Waals surface area contributed by atoms with Gasteiger partial charge in [-0.15, -0.1) is 0 Å². The lowest BCUT2D eigenvalue weighted by molar-refractivity contribution is 0.524. The lowest BCUT2D eigenvalue weighted by Crippen LogP contribution is -2.43. The van der Waals surface area contributed by atoms with Crippen molar-refractivity contribution in [2.75, 3.05) is 13.1 Å². The van der Waals surface area contributed by atoms with E-state index < -0.39 is 16.5 Å². The molecule has 2 heterocycles. The molecule has 0 aromatic carbocycles. The van der Waals surface area contributed by atoms with Crippen LogP contribution in [0.3, 0.4) is 0 Å². The first-order valence-electron chi connectivity index (χ1n) is 7.10. The standard InChI is InChI=1S/C7H17NSi.C7H13NSi/c2*1-9(2,3)8-6-4-5-7-8/h4-7H2,1-3H3;4-7H,1-3H3. The molecule has 4 heteroatoms. The first-order valence-corrected chi connectivity index (χ1v) is 14.0. The molecule has 0 N–H and O–H groups in total. The van der Waals surface area contributed by atoms with E-state index in [4.69, 9.17) is 0 Å². The van der Waals surface area contributed by atoms with Gasteiger partial charge in [0.2, 0.25) is 0 Å². The summed E-state index contributed by atoms with van der Waals surface area (Å²) in [7, 11) is -1.96. The van der Waals surface area contributed by atoms with Crippen LogP contribution in [-0.4, -0.2) is 38.4 Å². The predicted molar refractivity (Wildman–Crippen MR) is 87.3 cm³/mol. The fourth-order valence-corrected chi connectivity index (χ4v) is 4.89. The van der Waals surface area contributed by atoms with Gasteiger partial charge < -0.3 is 8.80 Å². The van der Waals surface area contributed by atoms with Gasteiger partial charge in [0.1, 0.15) is 8.24 Å². The minimum absolute atomic E-state index is 0.891. The molecule has 104 valence electrons. The van der Waals surface area contributed by atoms with Gasteiger partial charge in [0, 0.05) is 0 Å². The molecule has 0 aliphatic carbocycles. The first kappa shape index (κ1) is 15.7. The smallest absolute Gasteiger partial charge is 0.152 e. The van der Waals surface area contributed by atoms with E-state index in [0.717, 1.165) is 0 Å². The van der Waals surface area contributed by atoms with Gasteiger partial charge in [-0.2, -0.15) is 0 Å². The molecule has 18 heavy (non-hydrogen) atoms. The number of hydrogen-bond acceptors (Lipinski definition) is 1. The summed E-state index contributed by atoms with van der Waals surface area (Å²) >= 11 is 0. The van der Waals surface area contributed by atoms with Crippen molar-refractivity contribution >= 4 is 16.5 Å². The van der Waals surface area contributed by atoms with Gasteiger partial charge in [0.25, 0.3) is 0 Å². The van der Waals surface area contributed by atoms with Crippen LogP contribution < -0.4 is 0 Å². The minimum atomic E-state index is -1.06. The van der Waals surface area contributed by atoms with Crippen molar-refractivity contribution in [2.45, 2.75) is 52.1 Å². The van der Waals surface area contributed by atoms with Gasteiger partial charge in [-0.1, -0.05) is 39.3 Å². The molecule has 1 aromatic heterocycles. The lowest BCUT2D eigenvalue weighted by Gasteiger charge is -2.28. The molecular formula is C14H30N2Si2. The molecule has 0 saturated carbocycles. The van der Waals surface area contributed by atoms with E-state index in [1.165, 1.54) is 25.9 Å². The average Bonchev–Trinajstić information content (AvgIpc) is 2.91. The number of hydrogen-bond donors (Lipinski definition) is 0. The normalized spacial score (nSPS) is 17.4. The number of rotatable bonds is 2. The maximum atomic E-state index is 2.69. The van der Waals surface area contributed by atoms with E-state index >= 15 is 0 Å². The summed E-state index contributed by atoms with van der Waals surface area (Å²) < 4.78 is 5.01. The van der Waals surface area contributed by atoms with Crippen molar-refractivity contribution in [2.24, 2.45) is 0 Å². The highest BCUT2D eigenvalue weighted by molar-refractivity contribution is 6.74. The monoisotopic (exact) mass is 282 g/mol. The van der Waals surface area contributed by atoms with Crippen LogP contribution in [-0.2, 0) is 0 Å². The van der Waals surface area contributed by atoms with Crippen molar-refractivity contribution in [3.8, 4) is 0 Å². The van der Waals surface area contributed by atoms with Crippen molar-refractivity contribution < 1.29 is 0 Å². The first-order chi connectivity index (χ1) is 8.21. The molecule has 1 aliphatic heterocycles. The molecule has 1 aliphatic rings. The Balaban J connectivity index is 0.000000180. The van der Waals surface area contributed by atoms with Crippen molar-refractivity contribution in [1.29, 1.82) is 0 Å². The second-order valence-electron chi connectivity index (χ2n) is 7.13. The Bertz CT molecular complexity index is 328. The molecule has 1 saturated heterocycles. The van der Waals surface area contributed by atoms with Gasteiger partial charge in [0.05, 0.1) is 0 Å². The lowest BCUT2D eigenvalue weighted by atomic mass is 10.4. The summed E-state index contributed by atoms with van der Waals surface area (Å²) in [4.78, 5) is 0. The van der Waals surface area contributed by atoms with Crippen molar-refractivity contribution in [3.63, 3.8) is 0 Å². The van der Waals surface area contributed by atoms with Gasteiger partial charge in [0.15, 0.2) is 8.24 Å². The van der Waals surface area contributed by atoms with Gasteiger partial charge in [-0.3, -0.25) is 0 Å². The molecule has 1 aromatic rings. The summed E-state index contributed by atoms with van der Waals surface area (Å²) in [6.07, 6.45) is 7.16. The highest BCUT2D eigenvalue weighted by Gasteiger charge is 2.25. The predicted octanol–water partition coefficient (Wildman–Crippen LogP) is 4.09. The highest BCUT2D eigenvalue weighted by Crippen LogP contribution is 2.16. The van der Waals surface area contributed by atoms with E-state index in [2.05, 4.69) is 72.6 Å². The molecule has 2 rings (SSSR count). The third-order valence-electron chi connectivity index (χ3n) is 3.43. The van der Waals surface area contributed by atoms with Crippen LogP contribution in [0.5, 0.6) is 0 Å². The number of nitrogens with zero attached hydrogens (tertiary/aromatic N) is 2. The van der Waals surface area contributed by atoms with Crippen molar-refractivity contribution in [1.82, 2.24) is 8.80 Å². The van der Waals surface area contributed by atoms with Gasteiger partial charge in [-0.05, 0) is 50.5 Å². The Morgan fingerprint density at radius 2 is 1.17 bits per heavy atom. The SMILES string of the molecule is C[Si](C)(C)N1CCCC1.C[Si](C)(C)n1cccc1. The molecule has 0 amide bonds. The van der Waals surface area contributed by atoms with E-state index in [0.29, 0.717) is 0 Å². The van der Waals surface area contributed by atoms with Crippen LogP contribution in [0.2, 0.25) is 39.3 Å². The van der Waals surface area contributed by atoms with Gasteiger partial charge in [-0.25, -0.2) is 0 Å². The summed E-state index contributed by atoms with van der Waals surface area (Å²) in [5, 5.41) is 0. The van der Waals surface area contributed by atoms with Crippen LogP contribution in [0.1, 0.15) is 12.8 Å². The Morgan fingerprint density at radius 1 is 0.722 bits per heavy atom. The zero-order valence-corrected chi connectivity index (χ0v) is 15.0. The summed E-state index contributed by atoms with van der Waals surface area (Å²) in [5.74, 6) is 0. The van der Waals surface area contributed by atoms with E-state index in [1.54, 1.807) is 0 Å². The molecule has 0 spiro atoms. The van der Waals surface area contributed by atoms with Crippen LogP contribution in [0.4, 0.5) is 0 Å². The summed E-state index contributed by atoms with van der Waals surface area (Å²) in [6.45, 7) is 17.0. The minimum Gasteiger partial charge on any atom is -0.381 e. The molecular weight excluding hydrogens is 252 g/mol. The van der Waals surface area contributed by atoms with Crippen LogP contribution in [0.15, 0.2) is 24.5 Å². The third-order valence-corrected chi connectivity index (χ3v) is 7.63. The van der Waals surface area contributed by atoms with Crippen LogP contribution >= 0.6 is 0 Å². The second-order valence-corrected chi connectivity index (χ2v) is 17.0. The largest absolute Gasteiger partial charge is 0.381 e. The molecule has 0 bridgehead atoms. The molecule has 1 fully saturated rings.